The van der Waals surface area contributed by atoms with Gasteiger partial charge in [0.05, 0.1) is 6.20 Å². The summed E-state index contributed by atoms with van der Waals surface area (Å²) < 4.78 is 0. The van der Waals surface area contributed by atoms with E-state index < -0.39 is 0 Å². The van der Waals surface area contributed by atoms with E-state index in [0.717, 1.165) is 25.3 Å². The molecular weight excluding hydrogens is 152 g/mol. The van der Waals surface area contributed by atoms with Crippen LogP contribution in [0, 0.1) is 0 Å². The van der Waals surface area contributed by atoms with Crippen LogP contribution in [0.15, 0.2) is 18.6 Å². The molecule has 1 aliphatic heterocycles. The molecule has 2 N–H and O–H groups in total. The lowest BCUT2D eigenvalue weighted by Crippen LogP contribution is -2.26. The molecule has 0 radical (unpaired) electrons. The number of nitrogens with two attached hydrogens (primary N) is 1. The highest BCUT2D eigenvalue weighted by molar-refractivity contribution is 5.36. The van der Waals surface area contributed by atoms with E-state index in [1.807, 2.05) is 0 Å². The fraction of sp³-hybridized carbons (Fsp3) is 0.500. The van der Waals surface area contributed by atoms with Gasteiger partial charge in [0.2, 0.25) is 0 Å². The van der Waals surface area contributed by atoms with Crippen LogP contribution in [-0.4, -0.2) is 29.1 Å². The predicted octanol–water partition coefficient (Wildman–Crippen LogP) is 0.0140. The highest BCUT2D eigenvalue weighted by atomic mass is 15.2. The van der Waals surface area contributed by atoms with E-state index >= 15 is 0 Å². The van der Waals surface area contributed by atoms with Crippen LogP contribution in [0.3, 0.4) is 0 Å². The monoisotopic (exact) mass is 164 g/mol. The average Bonchev–Trinajstić information content (AvgIpc) is 2.54. The average molecular weight is 164 g/mol. The number of nitrogens with zero attached hydrogens (tertiary/aromatic N) is 3. The van der Waals surface area contributed by atoms with Crippen molar-refractivity contribution in [2.75, 3.05) is 18.0 Å². The van der Waals surface area contributed by atoms with Crippen LogP contribution in [0.4, 0.5) is 5.82 Å². The first-order valence-electron chi connectivity index (χ1n) is 4.13. The van der Waals surface area contributed by atoms with Gasteiger partial charge in [-0.15, -0.1) is 0 Å². The van der Waals surface area contributed by atoms with E-state index in [0.29, 0.717) is 6.04 Å². The molecule has 2 heterocycles. The van der Waals surface area contributed by atoms with E-state index in [9.17, 15) is 0 Å². The summed E-state index contributed by atoms with van der Waals surface area (Å²) in [5.41, 5.74) is 5.77. The Balaban J connectivity index is 2.11. The van der Waals surface area contributed by atoms with Crippen LogP contribution in [0.5, 0.6) is 0 Å². The lowest BCUT2D eigenvalue weighted by atomic mass is 10.3. The molecule has 0 aromatic carbocycles. The van der Waals surface area contributed by atoms with Crippen molar-refractivity contribution in [2.24, 2.45) is 5.73 Å². The normalized spacial score (nSPS) is 23.1. The Bertz CT molecular complexity index is 248. The number of aromatic nitrogens is 2. The molecular formula is C8H12N4. The standard InChI is InChI=1S/C8H12N4/c9-7-1-4-12(6-7)8-5-10-2-3-11-8/h2-3,5,7H,1,4,6,9H2/t7-/m1/s1. The smallest absolute Gasteiger partial charge is 0.147 e. The molecule has 0 amide bonds. The molecule has 1 atom stereocenters. The van der Waals surface area contributed by atoms with Crippen LogP contribution in [-0.2, 0) is 0 Å². The molecule has 12 heavy (non-hydrogen) atoms. The molecule has 0 aliphatic carbocycles. The van der Waals surface area contributed by atoms with Gasteiger partial charge in [-0.05, 0) is 6.42 Å². The summed E-state index contributed by atoms with van der Waals surface area (Å²) in [6, 6.07) is 0.298. The summed E-state index contributed by atoms with van der Waals surface area (Å²) in [7, 11) is 0. The summed E-state index contributed by atoms with van der Waals surface area (Å²) in [6.07, 6.45) is 6.22. The summed E-state index contributed by atoms with van der Waals surface area (Å²) in [4.78, 5) is 10.4. The van der Waals surface area contributed by atoms with E-state index in [2.05, 4.69) is 14.9 Å². The second kappa shape index (κ2) is 3.06. The summed E-state index contributed by atoms with van der Waals surface area (Å²) in [5, 5.41) is 0. The minimum absolute atomic E-state index is 0.298. The number of hydrogen-bond donors (Lipinski definition) is 1. The third kappa shape index (κ3) is 1.38. The van der Waals surface area contributed by atoms with Crippen LogP contribution >= 0.6 is 0 Å². The molecule has 0 saturated carbocycles. The van der Waals surface area contributed by atoms with Gasteiger partial charge in [-0.3, -0.25) is 4.98 Å². The molecule has 0 unspecified atom stereocenters. The van der Waals surface area contributed by atoms with E-state index in [1.54, 1.807) is 18.6 Å². The summed E-state index contributed by atoms with van der Waals surface area (Å²) in [5.74, 6) is 0.936. The molecule has 64 valence electrons. The van der Waals surface area contributed by atoms with Crippen molar-refractivity contribution in [2.45, 2.75) is 12.5 Å². The Morgan fingerprint density at radius 3 is 3.00 bits per heavy atom. The third-order valence-corrected chi connectivity index (χ3v) is 2.10. The van der Waals surface area contributed by atoms with Crippen LogP contribution in [0.25, 0.3) is 0 Å². The third-order valence-electron chi connectivity index (χ3n) is 2.10. The molecule has 1 aromatic heterocycles. The van der Waals surface area contributed by atoms with Crippen molar-refractivity contribution in [1.29, 1.82) is 0 Å². The highest BCUT2D eigenvalue weighted by Crippen LogP contribution is 2.14. The Morgan fingerprint density at radius 1 is 1.50 bits per heavy atom. The lowest BCUT2D eigenvalue weighted by Gasteiger charge is -2.15. The van der Waals surface area contributed by atoms with Crippen LogP contribution in [0.2, 0.25) is 0 Å². The van der Waals surface area contributed by atoms with E-state index in [1.165, 1.54) is 0 Å². The van der Waals surface area contributed by atoms with Gasteiger partial charge in [-0.2, -0.15) is 0 Å². The number of hydrogen-bond acceptors (Lipinski definition) is 4. The highest BCUT2D eigenvalue weighted by Gasteiger charge is 2.19. The molecule has 4 nitrogen and oxygen atoms in total. The zero-order chi connectivity index (χ0) is 8.39. The van der Waals surface area contributed by atoms with Crippen molar-refractivity contribution in [3.8, 4) is 0 Å². The summed E-state index contributed by atoms with van der Waals surface area (Å²) in [6.45, 7) is 1.90. The maximum absolute atomic E-state index is 5.77. The molecule has 1 aliphatic rings. The topological polar surface area (TPSA) is 55.0 Å². The van der Waals surface area contributed by atoms with Crippen molar-refractivity contribution in [3.05, 3.63) is 18.6 Å². The Kier molecular flexibility index (Phi) is 1.91. The minimum atomic E-state index is 0.298. The van der Waals surface area contributed by atoms with Crippen LogP contribution in [0.1, 0.15) is 6.42 Å². The first kappa shape index (κ1) is 7.49. The zero-order valence-corrected chi connectivity index (χ0v) is 6.85. The van der Waals surface area contributed by atoms with Crippen molar-refractivity contribution in [3.63, 3.8) is 0 Å². The van der Waals surface area contributed by atoms with Crippen LogP contribution < -0.4 is 10.6 Å². The second-order valence-electron chi connectivity index (χ2n) is 3.06. The van der Waals surface area contributed by atoms with Gasteiger partial charge < -0.3 is 10.6 Å². The molecule has 0 spiro atoms. The van der Waals surface area contributed by atoms with Gasteiger partial charge in [-0.25, -0.2) is 4.98 Å². The fourth-order valence-electron chi connectivity index (χ4n) is 1.45. The zero-order valence-electron chi connectivity index (χ0n) is 6.85. The Hall–Kier alpha value is -1.16. The number of rotatable bonds is 1. The van der Waals surface area contributed by atoms with Gasteiger partial charge in [0.1, 0.15) is 5.82 Å². The Labute approximate surface area is 71.4 Å². The van der Waals surface area contributed by atoms with Crippen molar-refractivity contribution < 1.29 is 0 Å². The SMILES string of the molecule is N[C@@H]1CCN(c2cnccn2)C1. The first-order chi connectivity index (χ1) is 5.86. The second-order valence-corrected chi connectivity index (χ2v) is 3.06. The maximum atomic E-state index is 5.77. The summed E-state index contributed by atoms with van der Waals surface area (Å²) >= 11 is 0. The predicted molar refractivity (Wildman–Crippen MR) is 46.8 cm³/mol. The molecule has 1 fully saturated rings. The largest absolute Gasteiger partial charge is 0.354 e. The molecule has 2 rings (SSSR count). The fourth-order valence-corrected chi connectivity index (χ4v) is 1.45. The van der Waals surface area contributed by atoms with Crippen molar-refractivity contribution in [1.82, 2.24) is 9.97 Å². The molecule has 1 saturated heterocycles. The van der Waals surface area contributed by atoms with Gasteiger partial charge in [0.15, 0.2) is 0 Å². The van der Waals surface area contributed by atoms with Gasteiger partial charge >= 0.3 is 0 Å². The quantitative estimate of drug-likeness (QED) is 0.635. The van der Waals surface area contributed by atoms with Crippen molar-refractivity contribution >= 4 is 5.82 Å². The maximum Gasteiger partial charge on any atom is 0.147 e. The minimum Gasteiger partial charge on any atom is -0.354 e. The molecule has 1 aromatic rings. The Morgan fingerprint density at radius 2 is 2.42 bits per heavy atom. The lowest BCUT2D eigenvalue weighted by molar-refractivity contribution is 0.751. The van der Waals surface area contributed by atoms with Gasteiger partial charge in [-0.1, -0.05) is 0 Å². The first-order valence-corrected chi connectivity index (χ1v) is 4.13. The molecule has 4 heteroatoms. The van der Waals surface area contributed by atoms with E-state index in [4.69, 9.17) is 5.73 Å². The number of anilines is 1. The van der Waals surface area contributed by atoms with Gasteiger partial charge in [0.25, 0.3) is 0 Å². The van der Waals surface area contributed by atoms with E-state index in [-0.39, 0.29) is 0 Å². The van der Waals surface area contributed by atoms with Gasteiger partial charge in [0, 0.05) is 31.5 Å². The molecule has 0 bridgehead atoms.